The molecular formula is C14H11Cl2FN2O2. The Bertz CT molecular complexity index is 695. The average molecular weight is 329 g/mol. The summed E-state index contributed by atoms with van der Waals surface area (Å²) in [5.74, 6) is -0.513. The molecule has 4 nitrogen and oxygen atoms in total. The predicted molar refractivity (Wildman–Crippen MR) is 81.6 cm³/mol. The third kappa shape index (κ3) is 3.62. The molecule has 0 saturated heterocycles. The highest BCUT2D eigenvalue weighted by Crippen LogP contribution is 2.31. The highest BCUT2D eigenvalue weighted by molar-refractivity contribution is 6.31. The van der Waals surface area contributed by atoms with Gasteiger partial charge in [0, 0.05) is 17.1 Å². The lowest BCUT2D eigenvalue weighted by Gasteiger charge is -2.16. The number of hydrogen-bond donors (Lipinski definition) is 1. The molecule has 2 aromatic rings. The molecule has 0 spiro atoms. The molecule has 0 aliphatic rings. The minimum Gasteiger partial charge on any atom is -0.373 e. The van der Waals surface area contributed by atoms with Crippen molar-refractivity contribution in [2.24, 2.45) is 0 Å². The van der Waals surface area contributed by atoms with Gasteiger partial charge in [-0.15, -0.1) is 0 Å². The van der Waals surface area contributed by atoms with Gasteiger partial charge >= 0.3 is 0 Å². The Morgan fingerprint density at radius 2 is 1.95 bits per heavy atom. The Labute approximate surface area is 130 Å². The van der Waals surface area contributed by atoms with Crippen molar-refractivity contribution in [3.8, 4) is 0 Å². The Balaban J connectivity index is 2.30. The summed E-state index contributed by atoms with van der Waals surface area (Å²) in [6.07, 6.45) is 0. The standard InChI is InChI=1S/C14H11Cl2FN2O2/c1-8(9-2-4-12(17)11(16)6-9)18-13-7-10(15)3-5-14(13)19(20)21/h2-8,18H,1H3. The second kappa shape index (κ2) is 6.28. The van der Waals surface area contributed by atoms with Crippen LogP contribution in [-0.4, -0.2) is 4.92 Å². The number of rotatable bonds is 4. The topological polar surface area (TPSA) is 55.2 Å². The van der Waals surface area contributed by atoms with Crippen LogP contribution in [-0.2, 0) is 0 Å². The van der Waals surface area contributed by atoms with Crippen molar-refractivity contribution in [1.29, 1.82) is 0 Å². The van der Waals surface area contributed by atoms with E-state index < -0.39 is 10.7 Å². The van der Waals surface area contributed by atoms with Crippen LogP contribution >= 0.6 is 23.2 Å². The van der Waals surface area contributed by atoms with Crippen molar-refractivity contribution in [3.63, 3.8) is 0 Å². The summed E-state index contributed by atoms with van der Waals surface area (Å²) < 4.78 is 13.2. The Kier molecular flexibility index (Phi) is 4.65. The van der Waals surface area contributed by atoms with Crippen LogP contribution < -0.4 is 5.32 Å². The molecule has 0 aliphatic carbocycles. The fraction of sp³-hybridized carbons (Fsp3) is 0.143. The van der Waals surface area contributed by atoms with E-state index in [0.29, 0.717) is 16.3 Å². The van der Waals surface area contributed by atoms with Gasteiger partial charge in [-0.1, -0.05) is 29.3 Å². The molecule has 1 atom stereocenters. The van der Waals surface area contributed by atoms with Gasteiger partial charge in [0.15, 0.2) is 0 Å². The van der Waals surface area contributed by atoms with Crippen LogP contribution in [0.3, 0.4) is 0 Å². The summed E-state index contributed by atoms with van der Waals surface area (Å²) in [4.78, 5) is 10.5. The number of halogens is 3. The van der Waals surface area contributed by atoms with E-state index in [-0.39, 0.29) is 16.8 Å². The average Bonchev–Trinajstić information content (AvgIpc) is 2.41. The van der Waals surface area contributed by atoms with Crippen molar-refractivity contribution in [2.45, 2.75) is 13.0 Å². The number of benzene rings is 2. The normalized spacial score (nSPS) is 12.0. The third-order valence-electron chi connectivity index (χ3n) is 2.97. The first kappa shape index (κ1) is 15.5. The lowest BCUT2D eigenvalue weighted by molar-refractivity contribution is -0.384. The molecule has 2 aromatic carbocycles. The van der Waals surface area contributed by atoms with Gasteiger partial charge in [-0.3, -0.25) is 10.1 Å². The zero-order valence-corrected chi connectivity index (χ0v) is 12.5. The predicted octanol–water partition coefficient (Wildman–Crippen LogP) is 5.21. The van der Waals surface area contributed by atoms with Gasteiger partial charge < -0.3 is 5.32 Å². The van der Waals surface area contributed by atoms with E-state index in [1.807, 2.05) is 0 Å². The lowest BCUT2D eigenvalue weighted by Crippen LogP contribution is -2.08. The van der Waals surface area contributed by atoms with Crippen LogP contribution in [0, 0.1) is 15.9 Å². The number of hydrogen-bond acceptors (Lipinski definition) is 3. The minimum absolute atomic E-state index is 0.00161. The van der Waals surface area contributed by atoms with Crippen LogP contribution in [0.1, 0.15) is 18.5 Å². The summed E-state index contributed by atoms with van der Waals surface area (Å²) >= 11 is 11.6. The monoisotopic (exact) mass is 328 g/mol. The molecule has 0 bridgehead atoms. The summed E-state index contributed by atoms with van der Waals surface area (Å²) in [6.45, 7) is 1.79. The molecule has 110 valence electrons. The maximum absolute atomic E-state index is 13.2. The molecule has 0 amide bonds. The summed E-state index contributed by atoms with van der Waals surface area (Å²) in [5.41, 5.74) is 0.913. The van der Waals surface area contributed by atoms with E-state index in [0.717, 1.165) is 0 Å². The van der Waals surface area contributed by atoms with E-state index in [2.05, 4.69) is 5.32 Å². The third-order valence-corrected chi connectivity index (χ3v) is 3.50. The van der Waals surface area contributed by atoms with E-state index in [1.165, 1.54) is 30.3 Å². The second-order valence-corrected chi connectivity index (χ2v) is 5.30. The SMILES string of the molecule is CC(Nc1cc(Cl)ccc1[N+](=O)[O-])c1ccc(F)c(Cl)c1. The Morgan fingerprint density at radius 1 is 1.24 bits per heavy atom. The number of anilines is 1. The molecule has 7 heteroatoms. The van der Waals surface area contributed by atoms with Gasteiger partial charge in [0.05, 0.1) is 9.95 Å². The van der Waals surface area contributed by atoms with E-state index in [1.54, 1.807) is 13.0 Å². The molecule has 1 N–H and O–H groups in total. The maximum Gasteiger partial charge on any atom is 0.292 e. The van der Waals surface area contributed by atoms with Crippen molar-refractivity contribution in [1.82, 2.24) is 0 Å². The largest absolute Gasteiger partial charge is 0.373 e. The first-order chi connectivity index (χ1) is 9.88. The number of nitrogens with one attached hydrogen (secondary N) is 1. The number of nitrogens with zero attached hydrogens (tertiary/aromatic N) is 1. The molecule has 0 fully saturated rings. The number of nitro groups is 1. The van der Waals surface area contributed by atoms with Crippen molar-refractivity contribution in [3.05, 3.63) is 67.9 Å². The van der Waals surface area contributed by atoms with Gasteiger partial charge in [-0.2, -0.15) is 0 Å². The summed E-state index contributed by atoms with van der Waals surface area (Å²) in [6, 6.07) is 8.24. The summed E-state index contributed by atoms with van der Waals surface area (Å²) in [5, 5.41) is 14.4. The first-order valence-electron chi connectivity index (χ1n) is 6.04. The van der Waals surface area contributed by atoms with Crippen molar-refractivity contribution in [2.75, 3.05) is 5.32 Å². The van der Waals surface area contributed by atoms with E-state index >= 15 is 0 Å². The highest BCUT2D eigenvalue weighted by Gasteiger charge is 2.17. The van der Waals surface area contributed by atoms with Gasteiger partial charge in [0.1, 0.15) is 11.5 Å². The highest BCUT2D eigenvalue weighted by atomic mass is 35.5. The lowest BCUT2D eigenvalue weighted by atomic mass is 10.1. The van der Waals surface area contributed by atoms with Crippen LogP contribution in [0.4, 0.5) is 15.8 Å². The smallest absolute Gasteiger partial charge is 0.292 e. The fourth-order valence-electron chi connectivity index (χ4n) is 1.88. The molecule has 0 radical (unpaired) electrons. The fourth-order valence-corrected chi connectivity index (χ4v) is 2.24. The maximum atomic E-state index is 13.2. The molecule has 0 heterocycles. The molecule has 1 unspecified atom stereocenters. The number of nitro benzene ring substituents is 1. The van der Waals surface area contributed by atoms with E-state index in [4.69, 9.17) is 23.2 Å². The van der Waals surface area contributed by atoms with Crippen molar-refractivity contribution >= 4 is 34.6 Å². The molecule has 2 rings (SSSR count). The van der Waals surface area contributed by atoms with Crippen LogP contribution in [0.25, 0.3) is 0 Å². The Hall–Kier alpha value is -1.85. The molecular weight excluding hydrogens is 318 g/mol. The van der Waals surface area contributed by atoms with Crippen LogP contribution in [0.5, 0.6) is 0 Å². The van der Waals surface area contributed by atoms with Crippen LogP contribution in [0.2, 0.25) is 10.0 Å². The zero-order chi connectivity index (χ0) is 15.6. The Morgan fingerprint density at radius 3 is 2.57 bits per heavy atom. The second-order valence-electron chi connectivity index (χ2n) is 4.46. The van der Waals surface area contributed by atoms with Gasteiger partial charge in [0.25, 0.3) is 5.69 Å². The quantitative estimate of drug-likeness (QED) is 0.618. The van der Waals surface area contributed by atoms with Gasteiger partial charge in [-0.25, -0.2) is 4.39 Å². The van der Waals surface area contributed by atoms with Gasteiger partial charge in [-0.05, 0) is 36.8 Å². The molecule has 21 heavy (non-hydrogen) atoms. The van der Waals surface area contributed by atoms with Crippen molar-refractivity contribution < 1.29 is 9.31 Å². The van der Waals surface area contributed by atoms with E-state index in [9.17, 15) is 14.5 Å². The minimum atomic E-state index is -0.513. The molecule has 0 saturated carbocycles. The molecule has 0 aromatic heterocycles. The zero-order valence-electron chi connectivity index (χ0n) is 10.9. The van der Waals surface area contributed by atoms with Gasteiger partial charge in [0.2, 0.25) is 0 Å². The van der Waals surface area contributed by atoms with Crippen LogP contribution in [0.15, 0.2) is 36.4 Å². The molecule has 0 aliphatic heterocycles. The first-order valence-corrected chi connectivity index (χ1v) is 6.79. The summed E-state index contributed by atoms with van der Waals surface area (Å²) in [7, 11) is 0.